The van der Waals surface area contributed by atoms with Gasteiger partial charge in [0.25, 0.3) is 0 Å². The van der Waals surface area contributed by atoms with Crippen LogP contribution in [0.3, 0.4) is 0 Å². The van der Waals surface area contributed by atoms with Gasteiger partial charge in [-0.25, -0.2) is 4.98 Å². The Morgan fingerprint density at radius 1 is 1.10 bits per heavy atom. The highest BCUT2D eigenvalue weighted by Crippen LogP contribution is 2.31. The maximum absolute atomic E-state index is 12.7. The number of carbonyl (C=O) groups is 1. The number of hydrogen-bond acceptors (Lipinski definition) is 6. The van der Waals surface area contributed by atoms with Gasteiger partial charge in [-0.15, -0.1) is 21.5 Å². The zero-order chi connectivity index (χ0) is 22.1. The summed E-state index contributed by atoms with van der Waals surface area (Å²) in [5.74, 6) is 1.13. The van der Waals surface area contributed by atoms with E-state index in [0.29, 0.717) is 0 Å². The monoisotopic (exact) mass is 451 g/mol. The van der Waals surface area contributed by atoms with E-state index in [2.05, 4.69) is 54.5 Å². The fourth-order valence-electron chi connectivity index (χ4n) is 3.24. The van der Waals surface area contributed by atoms with Gasteiger partial charge in [0.1, 0.15) is 10.8 Å². The van der Waals surface area contributed by atoms with Gasteiger partial charge in [-0.1, -0.05) is 31.7 Å². The Morgan fingerprint density at radius 3 is 2.52 bits per heavy atom. The first kappa shape index (κ1) is 21.5. The van der Waals surface area contributed by atoms with Gasteiger partial charge in [-0.3, -0.25) is 4.79 Å². The van der Waals surface area contributed by atoms with Gasteiger partial charge in [0.05, 0.1) is 15.5 Å². The van der Waals surface area contributed by atoms with Crippen LogP contribution in [-0.2, 0) is 11.8 Å². The van der Waals surface area contributed by atoms with Crippen LogP contribution in [0.5, 0.6) is 0 Å². The first-order chi connectivity index (χ1) is 14.8. The summed E-state index contributed by atoms with van der Waals surface area (Å²) in [6.07, 6.45) is 0. The van der Waals surface area contributed by atoms with Gasteiger partial charge in [0, 0.05) is 24.2 Å². The van der Waals surface area contributed by atoms with Gasteiger partial charge >= 0.3 is 0 Å². The van der Waals surface area contributed by atoms with E-state index in [1.165, 1.54) is 22.0 Å². The van der Waals surface area contributed by atoms with Crippen LogP contribution < -0.4 is 5.32 Å². The van der Waals surface area contributed by atoms with Gasteiger partial charge in [-0.2, -0.15) is 0 Å². The second-order valence-electron chi connectivity index (χ2n) is 7.87. The largest absolute Gasteiger partial charge is 0.325 e. The molecule has 2 heterocycles. The third-order valence-corrected chi connectivity index (χ3v) is 7.18. The van der Waals surface area contributed by atoms with Crippen LogP contribution in [0.1, 0.15) is 38.1 Å². The summed E-state index contributed by atoms with van der Waals surface area (Å²) in [7, 11) is 1.93. The van der Waals surface area contributed by atoms with Gasteiger partial charge in [0.2, 0.25) is 5.91 Å². The zero-order valence-electron chi connectivity index (χ0n) is 18.2. The molecule has 160 valence electrons. The molecule has 2 aromatic carbocycles. The number of hydrogen-bond donors (Lipinski definition) is 1. The summed E-state index contributed by atoms with van der Waals surface area (Å²) in [4.78, 5) is 17.4. The highest BCUT2D eigenvalue weighted by molar-refractivity contribution is 8.00. The number of benzene rings is 2. The highest BCUT2D eigenvalue weighted by atomic mass is 32.2. The Bertz CT molecular complexity index is 1230. The Kier molecular flexibility index (Phi) is 6.11. The quantitative estimate of drug-likeness (QED) is 0.384. The zero-order valence-corrected chi connectivity index (χ0v) is 19.8. The van der Waals surface area contributed by atoms with Crippen molar-refractivity contribution in [1.82, 2.24) is 19.7 Å². The van der Waals surface area contributed by atoms with Crippen molar-refractivity contribution >= 4 is 44.9 Å². The van der Waals surface area contributed by atoms with E-state index in [0.717, 1.165) is 32.8 Å². The van der Waals surface area contributed by atoms with Crippen molar-refractivity contribution in [3.63, 3.8) is 0 Å². The van der Waals surface area contributed by atoms with Gasteiger partial charge in [-0.05, 0) is 55.8 Å². The molecule has 0 spiro atoms. The summed E-state index contributed by atoms with van der Waals surface area (Å²) in [5, 5.41) is 12.9. The molecule has 0 aliphatic carbocycles. The predicted molar refractivity (Wildman–Crippen MR) is 129 cm³/mol. The average Bonchev–Trinajstić information content (AvgIpc) is 3.31. The lowest BCUT2D eigenvalue weighted by Crippen LogP contribution is -2.22. The number of thioether (sulfide) groups is 1. The fraction of sp³-hybridized carbons (Fsp3) is 0.304. The molecule has 0 saturated carbocycles. The third kappa shape index (κ3) is 4.65. The molecule has 8 heteroatoms. The second-order valence-corrected chi connectivity index (χ2v) is 10.2. The maximum Gasteiger partial charge on any atom is 0.237 e. The highest BCUT2D eigenvalue weighted by Gasteiger charge is 2.20. The van der Waals surface area contributed by atoms with E-state index >= 15 is 0 Å². The molecule has 1 unspecified atom stereocenters. The van der Waals surface area contributed by atoms with Crippen LogP contribution in [0.2, 0.25) is 0 Å². The molecule has 0 bridgehead atoms. The number of carbonyl (C=O) groups excluding carboxylic acids is 1. The summed E-state index contributed by atoms with van der Waals surface area (Å²) in [6, 6.07) is 14.1. The number of fused-ring (bicyclic) bond motifs is 1. The van der Waals surface area contributed by atoms with E-state index in [1.54, 1.807) is 11.3 Å². The molecule has 0 aliphatic rings. The predicted octanol–water partition coefficient (Wildman–Crippen LogP) is 5.64. The number of amides is 1. The summed E-state index contributed by atoms with van der Waals surface area (Å²) in [6.45, 7) is 8.12. The van der Waals surface area contributed by atoms with E-state index in [4.69, 9.17) is 4.98 Å². The molecule has 0 aliphatic heterocycles. The van der Waals surface area contributed by atoms with E-state index in [1.807, 2.05) is 42.8 Å². The SMILES string of the molecule is Cc1ccc2nc(-c3ccc(NC(=O)C(C)Sc4nnc(C(C)C)n4C)cc3)sc2c1. The Hall–Kier alpha value is -2.71. The lowest BCUT2D eigenvalue weighted by Gasteiger charge is -2.12. The molecule has 1 atom stereocenters. The molecule has 4 rings (SSSR count). The van der Waals surface area contributed by atoms with Crippen LogP contribution in [0.25, 0.3) is 20.8 Å². The number of anilines is 1. The van der Waals surface area contributed by atoms with Crippen LogP contribution in [0.4, 0.5) is 5.69 Å². The number of aryl methyl sites for hydroxylation is 1. The molecule has 0 saturated heterocycles. The number of thiazole rings is 1. The minimum atomic E-state index is -0.296. The van der Waals surface area contributed by atoms with Crippen molar-refractivity contribution in [2.45, 2.75) is 44.0 Å². The standard InChI is InChI=1S/C23H25N5OS2/c1-13(2)20-26-27-23(28(20)5)30-15(4)21(29)24-17-9-7-16(8-10-17)22-25-18-11-6-14(3)12-19(18)31-22/h6-13,15H,1-5H3,(H,24,29). The molecular weight excluding hydrogens is 426 g/mol. The molecule has 0 radical (unpaired) electrons. The number of nitrogens with zero attached hydrogens (tertiary/aromatic N) is 4. The van der Waals surface area contributed by atoms with Gasteiger partial charge in [0.15, 0.2) is 5.16 Å². The molecule has 31 heavy (non-hydrogen) atoms. The Labute approximate surface area is 190 Å². The molecule has 0 fully saturated rings. The van der Waals surface area contributed by atoms with Crippen molar-refractivity contribution in [3.05, 3.63) is 53.9 Å². The summed E-state index contributed by atoms with van der Waals surface area (Å²) < 4.78 is 3.13. The summed E-state index contributed by atoms with van der Waals surface area (Å²) in [5.41, 5.74) is 4.05. The maximum atomic E-state index is 12.7. The van der Waals surface area contributed by atoms with Crippen LogP contribution in [0.15, 0.2) is 47.6 Å². The molecule has 1 amide bonds. The number of rotatable bonds is 6. The van der Waals surface area contributed by atoms with Crippen molar-refractivity contribution in [3.8, 4) is 10.6 Å². The lowest BCUT2D eigenvalue weighted by molar-refractivity contribution is -0.115. The van der Waals surface area contributed by atoms with Crippen molar-refractivity contribution < 1.29 is 4.79 Å². The van der Waals surface area contributed by atoms with E-state index in [9.17, 15) is 4.79 Å². The molecule has 1 N–H and O–H groups in total. The number of nitrogens with one attached hydrogen (secondary N) is 1. The van der Waals surface area contributed by atoms with Crippen LogP contribution in [-0.4, -0.2) is 30.9 Å². The first-order valence-corrected chi connectivity index (χ1v) is 11.9. The molecule has 6 nitrogen and oxygen atoms in total. The smallest absolute Gasteiger partial charge is 0.237 e. The minimum Gasteiger partial charge on any atom is -0.325 e. The molecule has 4 aromatic rings. The van der Waals surface area contributed by atoms with Crippen LogP contribution in [0, 0.1) is 6.92 Å². The normalized spacial score (nSPS) is 12.5. The lowest BCUT2D eigenvalue weighted by atomic mass is 10.2. The molecule has 2 aromatic heterocycles. The Morgan fingerprint density at radius 2 is 1.84 bits per heavy atom. The third-order valence-electron chi connectivity index (χ3n) is 4.98. The van der Waals surface area contributed by atoms with Crippen molar-refractivity contribution in [2.75, 3.05) is 5.32 Å². The molecular formula is C23H25N5OS2. The van der Waals surface area contributed by atoms with Crippen LogP contribution >= 0.6 is 23.1 Å². The Balaban J connectivity index is 1.42. The second kappa shape index (κ2) is 8.80. The number of aromatic nitrogens is 4. The summed E-state index contributed by atoms with van der Waals surface area (Å²) >= 11 is 3.09. The van der Waals surface area contributed by atoms with E-state index < -0.39 is 0 Å². The minimum absolute atomic E-state index is 0.0673. The fourth-order valence-corrected chi connectivity index (χ4v) is 5.13. The van der Waals surface area contributed by atoms with Gasteiger partial charge < -0.3 is 9.88 Å². The van der Waals surface area contributed by atoms with Crippen molar-refractivity contribution in [2.24, 2.45) is 7.05 Å². The van der Waals surface area contributed by atoms with Crippen molar-refractivity contribution in [1.29, 1.82) is 0 Å². The van der Waals surface area contributed by atoms with E-state index in [-0.39, 0.29) is 17.1 Å². The first-order valence-electron chi connectivity index (χ1n) is 10.2. The topological polar surface area (TPSA) is 72.7 Å². The average molecular weight is 452 g/mol.